The number of carboxylic acid groups (broad SMARTS) is 1. The van der Waals surface area contributed by atoms with Gasteiger partial charge in [-0.1, -0.05) is 13.3 Å². The highest BCUT2D eigenvalue weighted by Crippen LogP contribution is 2.49. The van der Waals surface area contributed by atoms with Gasteiger partial charge in [0.15, 0.2) is 11.6 Å². The fourth-order valence-electron chi connectivity index (χ4n) is 7.22. The first-order valence-electron chi connectivity index (χ1n) is 14.6. The summed E-state index contributed by atoms with van der Waals surface area (Å²) in [7, 11) is 0. The minimum Gasteiger partial charge on any atom is -0.487 e. The molecular formula is C30H39F3N2O6. The number of benzene rings is 1. The van der Waals surface area contributed by atoms with E-state index in [-0.39, 0.29) is 34.5 Å². The summed E-state index contributed by atoms with van der Waals surface area (Å²) in [5, 5.41) is 15.4. The standard InChI is InChI=1S/C30H39F3N2O6/c1-29(8-3-9-29)15-34-26(37)23-16-4-5-17(12-16)24(23)35-25(36)19-13-22(20(31)14-21(19)41-28(32)33)40-18-6-10-30(2,11-7-18)27(38)39/h13-14,16-18,23-24,28H,3-12,15H2,1-2H3,(H,34,37)(H,35,36)(H,38,39)/t16-,17+,18?,23?,24-,30?/m1/s1. The summed E-state index contributed by atoms with van der Waals surface area (Å²) in [6, 6.07) is 1.30. The van der Waals surface area contributed by atoms with E-state index in [0.717, 1.165) is 44.6 Å². The molecule has 226 valence electrons. The van der Waals surface area contributed by atoms with E-state index in [1.54, 1.807) is 6.92 Å². The first-order valence-corrected chi connectivity index (χ1v) is 14.6. The van der Waals surface area contributed by atoms with Crippen LogP contribution in [-0.2, 0) is 9.59 Å². The van der Waals surface area contributed by atoms with E-state index < -0.39 is 53.5 Å². The van der Waals surface area contributed by atoms with Crippen LogP contribution < -0.4 is 20.1 Å². The molecule has 2 bridgehead atoms. The van der Waals surface area contributed by atoms with Gasteiger partial charge >= 0.3 is 12.6 Å². The van der Waals surface area contributed by atoms with Crippen LogP contribution in [0, 0.1) is 34.4 Å². The van der Waals surface area contributed by atoms with Crippen LogP contribution in [0.2, 0.25) is 0 Å². The van der Waals surface area contributed by atoms with Crippen LogP contribution >= 0.6 is 0 Å². The van der Waals surface area contributed by atoms with Crippen LogP contribution in [0.25, 0.3) is 0 Å². The molecule has 4 atom stereocenters. The normalized spacial score (nSPS) is 31.8. The number of carbonyl (C=O) groups excluding carboxylic acids is 2. The summed E-state index contributed by atoms with van der Waals surface area (Å²) in [4.78, 5) is 38.3. The Morgan fingerprint density at radius 2 is 1.71 bits per heavy atom. The van der Waals surface area contributed by atoms with Gasteiger partial charge in [0.1, 0.15) is 5.75 Å². The minimum atomic E-state index is -3.28. The second-order valence-corrected chi connectivity index (χ2v) is 13.1. The van der Waals surface area contributed by atoms with Gasteiger partial charge in [0.2, 0.25) is 5.91 Å². The van der Waals surface area contributed by atoms with E-state index in [9.17, 15) is 32.7 Å². The second-order valence-electron chi connectivity index (χ2n) is 13.1. The van der Waals surface area contributed by atoms with Crippen LogP contribution in [0.15, 0.2) is 12.1 Å². The Hall–Kier alpha value is -2.98. The van der Waals surface area contributed by atoms with Gasteiger partial charge < -0.3 is 25.2 Å². The molecule has 4 saturated carbocycles. The predicted octanol–water partition coefficient (Wildman–Crippen LogP) is 5.29. The Balaban J connectivity index is 1.32. The van der Waals surface area contributed by atoms with Gasteiger partial charge in [-0.15, -0.1) is 0 Å². The zero-order valence-electron chi connectivity index (χ0n) is 23.5. The summed E-state index contributed by atoms with van der Waals surface area (Å²) in [5.74, 6) is -3.84. The van der Waals surface area contributed by atoms with Crippen molar-refractivity contribution >= 4 is 17.8 Å². The molecule has 1 unspecified atom stereocenters. The summed E-state index contributed by atoms with van der Waals surface area (Å²) in [5.41, 5.74) is -1.10. The molecule has 4 fully saturated rings. The van der Waals surface area contributed by atoms with Crippen LogP contribution in [-0.4, -0.2) is 48.2 Å². The molecule has 0 spiro atoms. The maximum Gasteiger partial charge on any atom is 0.387 e. The highest BCUT2D eigenvalue weighted by molar-refractivity contribution is 5.98. The van der Waals surface area contributed by atoms with E-state index in [0.29, 0.717) is 38.3 Å². The van der Waals surface area contributed by atoms with Gasteiger partial charge in [0, 0.05) is 18.7 Å². The minimum absolute atomic E-state index is 0.0837. The monoisotopic (exact) mass is 580 g/mol. The molecule has 0 aliphatic heterocycles. The Morgan fingerprint density at radius 1 is 1.02 bits per heavy atom. The van der Waals surface area contributed by atoms with Crippen molar-refractivity contribution in [3.63, 3.8) is 0 Å². The number of fused-ring (bicyclic) bond motifs is 2. The molecule has 0 heterocycles. The smallest absolute Gasteiger partial charge is 0.387 e. The number of amides is 2. The summed E-state index contributed by atoms with van der Waals surface area (Å²) >= 11 is 0. The molecule has 4 aliphatic rings. The maximum atomic E-state index is 15.0. The number of hydrogen-bond donors (Lipinski definition) is 3. The third kappa shape index (κ3) is 6.14. The topological polar surface area (TPSA) is 114 Å². The van der Waals surface area contributed by atoms with Crippen molar-refractivity contribution in [2.45, 2.75) is 96.8 Å². The van der Waals surface area contributed by atoms with E-state index in [2.05, 4.69) is 22.3 Å². The molecule has 41 heavy (non-hydrogen) atoms. The average molecular weight is 581 g/mol. The zero-order chi connectivity index (χ0) is 29.5. The number of nitrogens with one attached hydrogen (secondary N) is 2. The molecule has 4 aliphatic carbocycles. The third-order valence-electron chi connectivity index (χ3n) is 10.1. The van der Waals surface area contributed by atoms with Gasteiger partial charge in [0.05, 0.1) is 23.0 Å². The number of carbonyl (C=O) groups is 3. The largest absolute Gasteiger partial charge is 0.487 e. The van der Waals surface area contributed by atoms with E-state index >= 15 is 0 Å². The highest BCUT2D eigenvalue weighted by Gasteiger charge is 2.52. The molecule has 1 aromatic carbocycles. The van der Waals surface area contributed by atoms with Crippen LogP contribution in [0.1, 0.15) is 88.4 Å². The average Bonchev–Trinajstić information content (AvgIpc) is 3.50. The van der Waals surface area contributed by atoms with Gasteiger partial charge in [-0.25, -0.2) is 4.39 Å². The number of alkyl halides is 2. The van der Waals surface area contributed by atoms with E-state index in [1.807, 2.05) is 0 Å². The van der Waals surface area contributed by atoms with Crippen LogP contribution in [0.4, 0.5) is 13.2 Å². The molecule has 0 saturated heterocycles. The molecule has 3 N–H and O–H groups in total. The first-order chi connectivity index (χ1) is 19.4. The summed E-state index contributed by atoms with van der Waals surface area (Å²) in [6.45, 7) is 1.10. The Morgan fingerprint density at radius 3 is 2.32 bits per heavy atom. The number of carboxylic acids is 1. The van der Waals surface area contributed by atoms with Gasteiger partial charge in [-0.3, -0.25) is 14.4 Å². The highest BCUT2D eigenvalue weighted by atomic mass is 19.3. The zero-order valence-corrected chi connectivity index (χ0v) is 23.5. The number of hydrogen-bond acceptors (Lipinski definition) is 5. The summed E-state index contributed by atoms with van der Waals surface area (Å²) in [6.07, 6.45) is 6.71. The lowest BCUT2D eigenvalue weighted by molar-refractivity contribution is -0.150. The lowest BCUT2D eigenvalue weighted by Crippen LogP contribution is -2.51. The molecule has 8 nitrogen and oxygen atoms in total. The van der Waals surface area contributed by atoms with Crippen molar-refractivity contribution in [3.05, 3.63) is 23.5 Å². The fraction of sp³-hybridized carbons (Fsp3) is 0.700. The fourth-order valence-corrected chi connectivity index (χ4v) is 7.22. The second kappa shape index (κ2) is 11.4. The first kappa shape index (κ1) is 29.5. The number of ether oxygens (including phenoxy) is 2. The van der Waals surface area contributed by atoms with Crippen molar-refractivity contribution in [1.82, 2.24) is 10.6 Å². The molecule has 0 aromatic heterocycles. The molecule has 5 rings (SSSR count). The number of halogens is 3. The Kier molecular flexibility index (Phi) is 8.18. The van der Waals surface area contributed by atoms with Crippen molar-refractivity contribution in [2.24, 2.45) is 28.6 Å². The maximum absolute atomic E-state index is 15.0. The van der Waals surface area contributed by atoms with E-state index in [4.69, 9.17) is 4.74 Å². The SMILES string of the molecule is CC1(CNC(=O)C2[C@@H]3CC[C@@H](C3)[C@H]2NC(=O)c2cc(OC3CCC(C)(C(=O)O)CC3)c(F)cc2OC(F)F)CCC1. The summed E-state index contributed by atoms with van der Waals surface area (Å²) < 4.78 is 51.7. The van der Waals surface area contributed by atoms with Crippen molar-refractivity contribution in [1.29, 1.82) is 0 Å². The lowest BCUT2D eigenvalue weighted by Gasteiger charge is -2.39. The van der Waals surface area contributed by atoms with Crippen molar-refractivity contribution in [2.75, 3.05) is 6.54 Å². The van der Waals surface area contributed by atoms with Crippen LogP contribution in [0.5, 0.6) is 11.5 Å². The molecular weight excluding hydrogens is 541 g/mol. The molecule has 0 radical (unpaired) electrons. The predicted molar refractivity (Wildman–Crippen MR) is 142 cm³/mol. The van der Waals surface area contributed by atoms with E-state index in [1.165, 1.54) is 0 Å². The molecule has 11 heteroatoms. The Labute approximate surface area is 237 Å². The van der Waals surface area contributed by atoms with Gasteiger partial charge in [-0.05, 0) is 88.0 Å². The van der Waals surface area contributed by atoms with Gasteiger partial charge in [-0.2, -0.15) is 8.78 Å². The number of aliphatic carboxylic acids is 1. The quantitative estimate of drug-likeness (QED) is 0.347. The lowest BCUT2D eigenvalue weighted by atomic mass is 9.70. The number of rotatable bonds is 10. The van der Waals surface area contributed by atoms with Crippen molar-refractivity contribution < 1.29 is 42.1 Å². The Bertz CT molecular complexity index is 1180. The molecule has 1 aromatic rings. The van der Waals surface area contributed by atoms with Crippen LogP contribution in [0.3, 0.4) is 0 Å². The molecule has 2 amide bonds. The third-order valence-corrected chi connectivity index (χ3v) is 10.1. The van der Waals surface area contributed by atoms with Gasteiger partial charge in [0.25, 0.3) is 5.91 Å². The van der Waals surface area contributed by atoms with Crippen molar-refractivity contribution in [3.8, 4) is 11.5 Å².